The summed E-state index contributed by atoms with van der Waals surface area (Å²) in [7, 11) is 1.97. The summed E-state index contributed by atoms with van der Waals surface area (Å²) in [4.78, 5) is 0. The molecule has 1 aliphatic carbocycles. The highest BCUT2D eigenvalue weighted by atomic mass is 16.5. The predicted octanol–water partition coefficient (Wildman–Crippen LogP) is 2.40. The van der Waals surface area contributed by atoms with Crippen LogP contribution in [0.4, 0.5) is 0 Å². The van der Waals surface area contributed by atoms with Gasteiger partial charge in [-0.1, -0.05) is 18.1 Å². The van der Waals surface area contributed by atoms with Crippen molar-refractivity contribution in [3.8, 4) is 0 Å². The maximum Gasteiger partial charge on any atom is 0.115 e. The van der Waals surface area contributed by atoms with E-state index >= 15 is 0 Å². The smallest absolute Gasteiger partial charge is 0.115 e. The van der Waals surface area contributed by atoms with Crippen LogP contribution in [0.1, 0.15) is 57.0 Å². The first-order chi connectivity index (χ1) is 7.68. The molecule has 16 heavy (non-hydrogen) atoms. The normalized spacial score (nSPS) is 21.6. The van der Waals surface area contributed by atoms with Gasteiger partial charge in [0.1, 0.15) is 11.8 Å². The van der Waals surface area contributed by atoms with Crippen LogP contribution in [0.3, 0.4) is 0 Å². The summed E-state index contributed by atoms with van der Waals surface area (Å²) in [5, 5.41) is 8.41. The Morgan fingerprint density at radius 3 is 2.88 bits per heavy atom. The third kappa shape index (κ3) is 2.43. The molecule has 0 saturated heterocycles. The lowest BCUT2D eigenvalue weighted by Crippen LogP contribution is -2.15. The van der Waals surface area contributed by atoms with E-state index in [0.717, 1.165) is 18.5 Å². The van der Waals surface area contributed by atoms with Crippen molar-refractivity contribution in [2.45, 2.75) is 58.2 Å². The standard InChI is InChI=1S/C12H21N3O/c1-9(2)16-11-8-6-4-5-7-10-12(11)13-14-15(10)3/h9,11H,4-8H2,1-3H3. The minimum absolute atomic E-state index is 0.143. The number of rotatable bonds is 2. The second-order valence-corrected chi connectivity index (χ2v) is 4.82. The third-order valence-corrected chi connectivity index (χ3v) is 3.09. The molecule has 1 aromatic rings. The van der Waals surface area contributed by atoms with Crippen molar-refractivity contribution in [3.05, 3.63) is 11.4 Å². The van der Waals surface area contributed by atoms with Crippen LogP contribution in [0.5, 0.6) is 0 Å². The Hall–Kier alpha value is -0.900. The van der Waals surface area contributed by atoms with Crippen LogP contribution < -0.4 is 0 Å². The zero-order chi connectivity index (χ0) is 11.5. The molecule has 4 heteroatoms. The Balaban J connectivity index is 2.25. The maximum atomic E-state index is 5.95. The fraction of sp³-hybridized carbons (Fsp3) is 0.833. The third-order valence-electron chi connectivity index (χ3n) is 3.09. The molecule has 0 radical (unpaired) electrons. The van der Waals surface area contributed by atoms with Gasteiger partial charge in [-0.2, -0.15) is 0 Å². The first kappa shape index (κ1) is 11.6. The van der Waals surface area contributed by atoms with Gasteiger partial charge in [-0.05, 0) is 33.1 Å². The molecule has 0 spiro atoms. The fourth-order valence-electron chi connectivity index (χ4n) is 2.33. The predicted molar refractivity (Wildman–Crippen MR) is 62.1 cm³/mol. The van der Waals surface area contributed by atoms with E-state index in [9.17, 15) is 0 Å². The minimum Gasteiger partial charge on any atom is -0.369 e. The molecule has 2 rings (SSSR count). The molecule has 0 bridgehead atoms. The Morgan fingerprint density at radius 1 is 1.31 bits per heavy atom. The minimum atomic E-state index is 0.143. The molecule has 0 N–H and O–H groups in total. The first-order valence-electron chi connectivity index (χ1n) is 6.22. The van der Waals surface area contributed by atoms with Gasteiger partial charge in [0.05, 0.1) is 11.8 Å². The molecule has 0 saturated carbocycles. The fourth-order valence-corrected chi connectivity index (χ4v) is 2.33. The molecule has 4 nitrogen and oxygen atoms in total. The topological polar surface area (TPSA) is 39.9 Å². The Kier molecular flexibility index (Phi) is 3.59. The number of aromatic nitrogens is 3. The van der Waals surface area contributed by atoms with Gasteiger partial charge in [-0.15, -0.1) is 5.10 Å². The quantitative estimate of drug-likeness (QED) is 0.773. The first-order valence-corrected chi connectivity index (χ1v) is 6.22. The van der Waals surface area contributed by atoms with Crippen LogP contribution in [0, 0.1) is 0 Å². The molecule has 1 unspecified atom stereocenters. The van der Waals surface area contributed by atoms with Gasteiger partial charge in [0.2, 0.25) is 0 Å². The molecule has 0 fully saturated rings. The summed E-state index contributed by atoms with van der Waals surface area (Å²) in [6, 6.07) is 0. The van der Waals surface area contributed by atoms with Gasteiger partial charge in [-0.25, -0.2) is 0 Å². The summed E-state index contributed by atoms with van der Waals surface area (Å²) in [6.45, 7) is 4.16. The van der Waals surface area contributed by atoms with E-state index in [4.69, 9.17) is 4.74 Å². The van der Waals surface area contributed by atoms with Crippen LogP contribution in [-0.4, -0.2) is 21.1 Å². The monoisotopic (exact) mass is 223 g/mol. The van der Waals surface area contributed by atoms with E-state index < -0.39 is 0 Å². The lowest BCUT2D eigenvalue weighted by atomic mass is 9.99. The largest absolute Gasteiger partial charge is 0.369 e. The zero-order valence-corrected chi connectivity index (χ0v) is 10.4. The molecular formula is C12H21N3O. The number of ether oxygens (including phenoxy) is 1. The summed E-state index contributed by atoms with van der Waals surface area (Å²) in [6.07, 6.45) is 6.29. The van der Waals surface area contributed by atoms with E-state index in [1.54, 1.807) is 0 Å². The van der Waals surface area contributed by atoms with E-state index in [0.29, 0.717) is 0 Å². The molecule has 1 heterocycles. The molecule has 0 amide bonds. The highest BCUT2D eigenvalue weighted by Crippen LogP contribution is 2.29. The maximum absolute atomic E-state index is 5.95. The number of aryl methyl sites for hydroxylation is 1. The van der Waals surface area contributed by atoms with Gasteiger partial charge < -0.3 is 4.74 Å². The zero-order valence-electron chi connectivity index (χ0n) is 10.4. The van der Waals surface area contributed by atoms with E-state index in [2.05, 4.69) is 24.2 Å². The van der Waals surface area contributed by atoms with Crippen molar-refractivity contribution < 1.29 is 4.74 Å². The van der Waals surface area contributed by atoms with Crippen LogP contribution in [-0.2, 0) is 18.2 Å². The Morgan fingerprint density at radius 2 is 2.12 bits per heavy atom. The van der Waals surface area contributed by atoms with Crippen molar-refractivity contribution >= 4 is 0 Å². The summed E-state index contributed by atoms with van der Waals surface area (Å²) in [5.74, 6) is 0. The van der Waals surface area contributed by atoms with Gasteiger partial charge in [0, 0.05) is 7.05 Å². The second-order valence-electron chi connectivity index (χ2n) is 4.82. The number of hydrogen-bond acceptors (Lipinski definition) is 3. The highest BCUT2D eigenvalue weighted by molar-refractivity contribution is 5.14. The molecule has 90 valence electrons. The summed E-state index contributed by atoms with van der Waals surface area (Å²) >= 11 is 0. The summed E-state index contributed by atoms with van der Waals surface area (Å²) in [5.41, 5.74) is 2.32. The van der Waals surface area contributed by atoms with Crippen LogP contribution in [0.2, 0.25) is 0 Å². The Bertz CT molecular complexity index is 346. The van der Waals surface area contributed by atoms with E-state index in [1.165, 1.54) is 25.0 Å². The summed E-state index contributed by atoms with van der Waals surface area (Å²) < 4.78 is 7.85. The van der Waals surface area contributed by atoms with Crippen molar-refractivity contribution in [2.75, 3.05) is 0 Å². The lowest BCUT2D eigenvalue weighted by Gasteiger charge is -2.21. The highest BCUT2D eigenvalue weighted by Gasteiger charge is 2.23. The van der Waals surface area contributed by atoms with E-state index in [1.807, 2.05) is 11.7 Å². The van der Waals surface area contributed by atoms with Crippen molar-refractivity contribution in [1.82, 2.24) is 15.0 Å². The average molecular weight is 223 g/mol. The Labute approximate surface area is 97.0 Å². The number of hydrogen-bond donors (Lipinski definition) is 0. The van der Waals surface area contributed by atoms with Crippen molar-refractivity contribution in [3.63, 3.8) is 0 Å². The molecule has 1 atom stereocenters. The molecule has 0 aliphatic heterocycles. The molecule has 1 aromatic heterocycles. The van der Waals surface area contributed by atoms with Crippen molar-refractivity contribution in [1.29, 1.82) is 0 Å². The van der Waals surface area contributed by atoms with E-state index in [-0.39, 0.29) is 12.2 Å². The van der Waals surface area contributed by atoms with Crippen LogP contribution >= 0.6 is 0 Å². The van der Waals surface area contributed by atoms with Gasteiger partial charge in [0.25, 0.3) is 0 Å². The van der Waals surface area contributed by atoms with Crippen molar-refractivity contribution in [2.24, 2.45) is 7.05 Å². The van der Waals surface area contributed by atoms with Crippen LogP contribution in [0.25, 0.3) is 0 Å². The van der Waals surface area contributed by atoms with Crippen LogP contribution in [0.15, 0.2) is 0 Å². The van der Waals surface area contributed by atoms with Gasteiger partial charge >= 0.3 is 0 Å². The molecule has 0 aromatic carbocycles. The molecule has 1 aliphatic rings. The number of nitrogens with zero attached hydrogens (tertiary/aromatic N) is 3. The second kappa shape index (κ2) is 4.95. The van der Waals surface area contributed by atoms with Gasteiger partial charge in [0.15, 0.2) is 0 Å². The average Bonchev–Trinajstić information content (AvgIpc) is 2.53. The molecular weight excluding hydrogens is 202 g/mol. The SMILES string of the molecule is CC(C)OC1CCCCCc2c1nnn2C. The number of fused-ring (bicyclic) bond motifs is 1. The lowest BCUT2D eigenvalue weighted by molar-refractivity contribution is -0.00346. The van der Waals surface area contributed by atoms with Gasteiger partial charge in [-0.3, -0.25) is 4.68 Å².